The Hall–Kier alpha value is -2.13. The van der Waals surface area contributed by atoms with E-state index in [1.807, 2.05) is 18.2 Å². The number of rotatable bonds is 4. The Bertz CT molecular complexity index is 1300. The average Bonchev–Trinajstić information content (AvgIpc) is 3.37. The van der Waals surface area contributed by atoms with E-state index in [0.717, 1.165) is 23.6 Å². The topological polar surface area (TPSA) is 80.5 Å². The van der Waals surface area contributed by atoms with Crippen molar-refractivity contribution in [3.05, 3.63) is 80.4 Å². The van der Waals surface area contributed by atoms with Crippen LogP contribution >= 0.6 is 23.4 Å². The molecule has 0 bridgehead atoms. The summed E-state index contributed by atoms with van der Waals surface area (Å²) in [5, 5.41) is 12.6. The number of aryl methyl sites for hydroxylation is 2. The molecule has 1 saturated heterocycles. The van der Waals surface area contributed by atoms with E-state index >= 15 is 0 Å². The van der Waals surface area contributed by atoms with Gasteiger partial charge in [0.05, 0.1) is 15.2 Å². The van der Waals surface area contributed by atoms with Gasteiger partial charge in [0.2, 0.25) is 10.0 Å². The highest BCUT2D eigenvalue weighted by Crippen LogP contribution is 2.44. The molecule has 5 rings (SSSR count). The molecule has 0 amide bonds. The average molecular weight is 461 g/mol. The molecule has 30 heavy (non-hydrogen) atoms. The van der Waals surface area contributed by atoms with E-state index in [1.54, 1.807) is 12.1 Å². The van der Waals surface area contributed by atoms with Crippen LogP contribution in [-0.2, 0) is 22.9 Å². The van der Waals surface area contributed by atoms with Crippen molar-refractivity contribution in [2.24, 2.45) is 0 Å². The number of thioether (sulfide) groups is 1. The number of hydrogen-bond donors (Lipinski definition) is 0. The van der Waals surface area contributed by atoms with Gasteiger partial charge in [-0.3, -0.25) is 10.1 Å². The van der Waals surface area contributed by atoms with Gasteiger partial charge in [-0.15, -0.1) is 11.8 Å². The van der Waals surface area contributed by atoms with Gasteiger partial charge in [-0.05, 0) is 47.1 Å². The Kier molecular flexibility index (Phi) is 4.77. The Labute approximate surface area is 183 Å². The van der Waals surface area contributed by atoms with E-state index in [1.165, 1.54) is 39.3 Å². The van der Waals surface area contributed by atoms with Gasteiger partial charge in [0.1, 0.15) is 5.02 Å². The third kappa shape index (κ3) is 3.01. The van der Waals surface area contributed by atoms with Gasteiger partial charge in [-0.2, -0.15) is 4.31 Å². The Morgan fingerprint density at radius 3 is 2.63 bits per heavy atom. The quantitative estimate of drug-likeness (QED) is 0.407. The first-order valence-electron chi connectivity index (χ1n) is 9.49. The summed E-state index contributed by atoms with van der Waals surface area (Å²) in [5.74, 6) is 0.613. The fourth-order valence-corrected chi connectivity index (χ4v) is 7.96. The van der Waals surface area contributed by atoms with E-state index in [2.05, 4.69) is 6.07 Å². The zero-order chi connectivity index (χ0) is 21.0. The second-order valence-corrected chi connectivity index (χ2v) is 10.8. The van der Waals surface area contributed by atoms with Gasteiger partial charge >= 0.3 is 0 Å². The summed E-state index contributed by atoms with van der Waals surface area (Å²) in [6.45, 7) is 0.344. The first-order valence-corrected chi connectivity index (χ1v) is 12.4. The molecule has 9 heteroatoms. The maximum atomic E-state index is 13.7. The van der Waals surface area contributed by atoms with Crippen LogP contribution in [0.25, 0.3) is 10.8 Å². The summed E-state index contributed by atoms with van der Waals surface area (Å²) in [7, 11) is -3.80. The smallest absolute Gasteiger partial charge is 0.258 e. The molecule has 3 aromatic rings. The van der Waals surface area contributed by atoms with Crippen LogP contribution in [0.15, 0.2) is 53.4 Å². The molecule has 1 heterocycles. The Balaban J connectivity index is 1.61. The minimum absolute atomic E-state index is 0.0358. The molecule has 1 atom stereocenters. The molecule has 0 saturated carbocycles. The molecular weight excluding hydrogens is 444 g/mol. The van der Waals surface area contributed by atoms with Gasteiger partial charge in [0.15, 0.2) is 0 Å². The first kappa shape index (κ1) is 19.8. The van der Waals surface area contributed by atoms with Crippen LogP contribution in [0.3, 0.4) is 0 Å². The fourth-order valence-electron chi connectivity index (χ4n) is 4.36. The molecule has 154 valence electrons. The van der Waals surface area contributed by atoms with Gasteiger partial charge in [0.25, 0.3) is 5.69 Å². The Morgan fingerprint density at radius 1 is 1.10 bits per heavy atom. The molecule has 1 fully saturated rings. The molecule has 1 aliphatic carbocycles. The van der Waals surface area contributed by atoms with Crippen LogP contribution in [0.2, 0.25) is 5.02 Å². The zero-order valence-corrected chi connectivity index (χ0v) is 18.1. The van der Waals surface area contributed by atoms with Crippen molar-refractivity contribution in [3.63, 3.8) is 0 Å². The van der Waals surface area contributed by atoms with Crippen molar-refractivity contribution in [1.82, 2.24) is 4.31 Å². The standard InChI is InChI=1S/C21H17ClN2O4S2/c22-17-8-6-15(12-18(17)24(25)26)21-23(10-11-29-21)30(27,28)19-9-7-14-5-4-13-2-1-3-16(19)20(13)14/h1-3,6-9,12,21H,4-5,10-11H2. The monoisotopic (exact) mass is 460 g/mol. The number of benzene rings is 3. The predicted octanol–water partition coefficient (Wildman–Crippen LogP) is 4.94. The highest BCUT2D eigenvalue weighted by atomic mass is 35.5. The number of halogens is 1. The van der Waals surface area contributed by atoms with Crippen molar-refractivity contribution in [1.29, 1.82) is 0 Å². The zero-order valence-electron chi connectivity index (χ0n) is 15.7. The SMILES string of the molecule is O=[N+]([O-])c1cc(C2SCCN2S(=O)(=O)c2ccc3c4c(cccc24)CC3)ccc1Cl. The lowest BCUT2D eigenvalue weighted by Crippen LogP contribution is -2.30. The van der Waals surface area contributed by atoms with E-state index in [-0.39, 0.29) is 10.7 Å². The van der Waals surface area contributed by atoms with Crippen molar-refractivity contribution in [2.75, 3.05) is 12.3 Å². The summed E-state index contributed by atoms with van der Waals surface area (Å²) in [6.07, 6.45) is 1.85. The number of nitrogens with zero attached hydrogens (tertiary/aromatic N) is 2. The normalized spacial score (nSPS) is 18.9. The molecule has 0 radical (unpaired) electrons. The van der Waals surface area contributed by atoms with E-state index < -0.39 is 20.3 Å². The minimum atomic E-state index is -3.80. The van der Waals surface area contributed by atoms with Gasteiger partial charge in [-0.1, -0.05) is 41.9 Å². The number of sulfonamides is 1. The maximum Gasteiger partial charge on any atom is 0.288 e. The number of hydrogen-bond acceptors (Lipinski definition) is 5. The summed E-state index contributed by atoms with van der Waals surface area (Å²) < 4.78 is 28.9. The van der Waals surface area contributed by atoms with Crippen molar-refractivity contribution in [3.8, 4) is 0 Å². The third-order valence-corrected chi connectivity index (χ3v) is 9.36. The van der Waals surface area contributed by atoms with Gasteiger partial charge in [0, 0.05) is 23.8 Å². The van der Waals surface area contributed by atoms with Crippen LogP contribution in [0, 0.1) is 10.1 Å². The highest BCUT2D eigenvalue weighted by Gasteiger charge is 2.38. The summed E-state index contributed by atoms with van der Waals surface area (Å²) >= 11 is 7.40. The van der Waals surface area contributed by atoms with E-state index in [0.29, 0.717) is 22.8 Å². The lowest BCUT2D eigenvalue weighted by atomic mass is 10.1. The van der Waals surface area contributed by atoms with E-state index in [9.17, 15) is 18.5 Å². The summed E-state index contributed by atoms with van der Waals surface area (Å²) in [5.41, 5.74) is 2.70. The van der Waals surface area contributed by atoms with Crippen LogP contribution in [0.1, 0.15) is 22.1 Å². The molecule has 0 aromatic heterocycles. The van der Waals surface area contributed by atoms with Crippen LogP contribution < -0.4 is 0 Å². The fraction of sp³-hybridized carbons (Fsp3) is 0.238. The number of nitro groups is 1. The summed E-state index contributed by atoms with van der Waals surface area (Å²) in [6, 6.07) is 13.9. The molecule has 2 aliphatic rings. The van der Waals surface area contributed by atoms with Crippen molar-refractivity contribution < 1.29 is 13.3 Å². The lowest BCUT2D eigenvalue weighted by molar-refractivity contribution is -0.384. The van der Waals surface area contributed by atoms with Crippen molar-refractivity contribution in [2.45, 2.75) is 23.1 Å². The summed E-state index contributed by atoms with van der Waals surface area (Å²) in [4.78, 5) is 11.0. The number of nitro benzene ring substituents is 1. The lowest BCUT2D eigenvalue weighted by Gasteiger charge is -2.24. The van der Waals surface area contributed by atoms with Crippen LogP contribution in [0.4, 0.5) is 5.69 Å². The molecule has 1 aliphatic heterocycles. The molecular formula is C21H17ClN2O4S2. The van der Waals surface area contributed by atoms with Crippen molar-refractivity contribution >= 4 is 49.8 Å². The van der Waals surface area contributed by atoms with Gasteiger partial charge in [-0.25, -0.2) is 8.42 Å². The molecule has 3 aromatic carbocycles. The predicted molar refractivity (Wildman–Crippen MR) is 119 cm³/mol. The molecule has 6 nitrogen and oxygen atoms in total. The van der Waals surface area contributed by atoms with Crippen LogP contribution in [0.5, 0.6) is 0 Å². The van der Waals surface area contributed by atoms with E-state index in [4.69, 9.17) is 11.6 Å². The maximum absolute atomic E-state index is 13.7. The minimum Gasteiger partial charge on any atom is -0.258 e. The third-order valence-electron chi connectivity index (χ3n) is 5.72. The van der Waals surface area contributed by atoms with Gasteiger partial charge < -0.3 is 0 Å². The highest BCUT2D eigenvalue weighted by molar-refractivity contribution is 8.01. The molecule has 0 spiro atoms. The first-order chi connectivity index (χ1) is 14.4. The van der Waals surface area contributed by atoms with Crippen LogP contribution in [-0.4, -0.2) is 29.9 Å². The molecule has 1 unspecified atom stereocenters. The Morgan fingerprint density at radius 2 is 1.87 bits per heavy atom. The largest absolute Gasteiger partial charge is 0.288 e. The second-order valence-electron chi connectivity index (χ2n) is 7.37. The molecule has 0 N–H and O–H groups in total. The second kappa shape index (κ2) is 7.23.